The fourth-order valence-electron chi connectivity index (χ4n) is 2.81. The van der Waals surface area contributed by atoms with Crippen molar-refractivity contribution in [1.82, 2.24) is 19.7 Å². The second-order valence-electron chi connectivity index (χ2n) is 5.45. The van der Waals surface area contributed by atoms with Gasteiger partial charge in [-0.2, -0.15) is 5.10 Å². The van der Waals surface area contributed by atoms with Crippen molar-refractivity contribution < 1.29 is 5.11 Å². The number of rotatable bonds is 3. The molecule has 1 atom stereocenters. The summed E-state index contributed by atoms with van der Waals surface area (Å²) in [5, 5.41) is 14.3. The van der Waals surface area contributed by atoms with Gasteiger partial charge in [-0.1, -0.05) is 0 Å². The van der Waals surface area contributed by atoms with Gasteiger partial charge in [0, 0.05) is 49.9 Å². The number of piperidine rings is 1. The van der Waals surface area contributed by atoms with Crippen molar-refractivity contribution >= 4 is 0 Å². The number of aliphatic hydroxyl groups excluding tert-OH is 1. The van der Waals surface area contributed by atoms with Crippen LogP contribution < -0.4 is 0 Å². The van der Waals surface area contributed by atoms with E-state index >= 15 is 0 Å². The predicted octanol–water partition coefficient (Wildman–Crippen LogP) is 1.44. The summed E-state index contributed by atoms with van der Waals surface area (Å²) in [6.45, 7) is 2.62. The smallest absolute Gasteiger partial charge is 0.0983 e. The van der Waals surface area contributed by atoms with Crippen LogP contribution in [0.15, 0.2) is 30.7 Å². The Bertz CT molecular complexity index is 567. The number of nitrogens with zero attached hydrogens (tertiary/aromatic N) is 4. The maximum absolute atomic E-state index is 9.78. The number of pyridine rings is 1. The van der Waals surface area contributed by atoms with Crippen LogP contribution in [-0.4, -0.2) is 44.0 Å². The topological polar surface area (TPSA) is 54.2 Å². The van der Waals surface area contributed by atoms with E-state index in [1.165, 1.54) is 5.56 Å². The monoisotopic (exact) mass is 272 g/mol. The zero-order valence-electron chi connectivity index (χ0n) is 11.7. The molecule has 1 unspecified atom stereocenters. The molecule has 0 radical (unpaired) electrons. The highest BCUT2D eigenvalue weighted by atomic mass is 16.3. The average molecular weight is 272 g/mol. The summed E-state index contributed by atoms with van der Waals surface area (Å²) in [6.07, 6.45) is 7.46. The molecular formula is C15H20N4O. The fraction of sp³-hybridized carbons (Fsp3) is 0.467. The van der Waals surface area contributed by atoms with Crippen molar-refractivity contribution in [2.45, 2.75) is 25.5 Å². The number of hydrogen-bond acceptors (Lipinski definition) is 4. The lowest BCUT2D eigenvalue weighted by Crippen LogP contribution is -2.37. The summed E-state index contributed by atoms with van der Waals surface area (Å²) in [5.41, 5.74) is 3.22. The van der Waals surface area contributed by atoms with Crippen LogP contribution in [0.4, 0.5) is 0 Å². The van der Waals surface area contributed by atoms with E-state index < -0.39 is 0 Å². The van der Waals surface area contributed by atoms with Crippen molar-refractivity contribution in [2.75, 3.05) is 13.1 Å². The molecule has 3 rings (SSSR count). The van der Waals surface area contributed by atoms with Gasteiger partial charge in [0.15, 0.2) is 0 Å². The molecule has 0 spiro atoms. The summed E-state index contributed by atoms with van der Waals surface area (Å²) in [4.78, 5) is 6.46. The first-order chi connectivity index (χ1) is 9.72. The van der Waals surface area contributed by atoms with Gasteiger partial charge in [-0.15, -0.1) is 0 Å². The van der Waals surface area contributed by atoms with E-state index in [1.54, 1.807) is 6.20 Å². The molecular weight excluding hydrogens is 252 g/mol. The third kappa shape index (κ3) is 2.89. The number of aromatic nitrogens is 3. The number of aliphatic hydroxyl groups is 1. The van der Waals surface area contributed by atoms with Gasteiger partial charge in [0.2, 0.25) is 0 Å². The molecule has 0 aliphatic carbocycles. The Balaban J connectivity index is 1.83. The average Bonchev–Trinajstić information content (AvgIpc) is 2.80. The van der Waals surface area contributed by atoms with Gasteiger partial charge in [0.25, 0.3) is 0 Å². The van der Waals surface area contributed by atoms with Crippen LogP contribution in [0.3, 0.4) is 0 Å². The van der Waals surface area contributed by atoms with Crippen molar-refractivity contribution in [1.29, 1.82) is 0 Å². The summed E-state index contributed by atoms with van der Waals surface area (Å²) >= 11 is 0. The van der Waals surface area contributed by atoms with E-state index in [4.69, 9.17) is 0 Å². The van der Waals surface area contributed by atoms with Gasteiger partial charge in [0.1, 0.15) is 0 Å². The first kappa shape index (κ1) is 13.3. The minimum absolute atomic E-state index is 0.192. The minimum atomic E-state index is -0.192. The van der Waals surface area contributed by atoms with Crippen molar-refractivity contribution in [2.24, 2.45) is 7.05 Å². The van der Waals surface area contributed by atoms with Crippen molar-refractivity contribution in [3.63, 3.8) is 0 Å². The van der Waals surface area contributed by atoms with Gasteiger partial charge in [-0.3, -0.25) is 14.6 Å². The summed E-state index contributed by atoms with van der Waals surface area (Å²) < 4.78 is 1.85. The van der Waals surface area contributed by atoms with E-state index in [1.807, 2.05) is 30.1 Å². The van der Waals surface area contributed by atoms with Gasteiger partial charge in [0.05, 0.1) is 11.8 Å². The zero-order chi connectivity index (χ0) is 13.9. The molecule has 1 aliphatic heterocycles. The van der Waals surface area contributed by atoms with Crippen molar-refractivity contribution in [3.8, 4) is 11.3 Å². The maximum Gasteiger partial charge on any atom is 0.0983 e. The molecule has 1 aliphatic rings. The van der Waals surface area contributed by atoms with Crippen LogP contribution in [0, 0.1) is 0 Å². The molecule has 1 saturated heterocycles. The van der Waals surface area contributed by atoms with Gasteiger partial charge in [-0.05, 0) is 31.5 Å². The second kappa shape index (κ2) is 5.73. The molecule has 106 valence electrons. The van der Waals surface area contributed by atoms with Gasteiger partial charge in [-0.25, -0.2) is 0 Å². The molecule has 2 aromatic heterocycles. The van der Waals surface area contributed by atoms with Crippen LogP contribution in [0.2, 0.25) is 0 Å². The Labute approximate surface area is 118 Å². The molecule has 0 saturated carbocycles. The normalized spacial score (nSPS) is 20.2. The molecule has 0 amide bonds. The number of hydrogen-bond donors (Lipinski definition) is 1. The Morgan fingerprint density at radius 2 is 2.35 bits per heavy atom. The van der Waals surface area contributed by atoms with Crippen LogP contribution in [0.5, 0.6) is 0 Å². The van der Waals surface area contributed by atoms with Gasteiger partial charge < -0.3 is 5.11 Å². The van der Waals surface area contributed by atoms with E-state index in [2.05, 4.69) is 21.2 Å². The van der Waals surface area contributed by atoms with E-state index in [0.29, 0.717) is 0 Å². The minimum Gasteiger partial charge on any atom is -0.392 e. The van der Waals surface area contributed by atoms with Crippen LogP contribution in [0.1, 0.15) is 18.4 Å². The lowest BCUT2D eigenvalue weighted by molar-refractivity contribution is 0.0669. The molecule has 5 nitrogen and oxygen atoms in total. The third-order valence-electron chi connectivity index (χ3n) is 3.71. The molecule has 0 bridgehead atoms. The molecule has 20 heavy (non-hydrogen) atoms. The van der Waals surface area contributed by atoms with Crippen LogP contribution in [-0.2, 0) is 13.6 Å². The molecule has 0 aromatic carbocycles. The Kier molecular flexibility index (Phi) is 3.80. The number of likely N-dealkylation sites (tertiary alicyclic amines) is 1. The lowest BCUT2D eigenvalue weighted by Gasteiger charge is -2.29. The second-order valence-corrected chi connectivity index (χ2v) is 5.45. The quantitative estimate of drug-likeness (QED) is 0.918. The van der Waals surface area contributed by atoms with Gasteiger partial charge >= 0.3 is 0 Å². The van der Waals surface area contributed by atoms with Crippen LogP contribution >= 0.6 is 0 Å². The molecule has 5 heteroatoms. The summed E-state index contributed by atoms with van der Waals surface area (Å²) in [5.74, 6) is 0. The van der Waals surface area contributed by atoms with E-state index in [9.17, 15) is 5.11 Å². The Hall–Kier alpha value is -1.72. The summed E-state index contributed by atoms with van der Waals surface area (Å²) in [6, 6.07) is 3.96. The Morgan fingerprint density at radius 3 is 3.10 bits per heavy atom. The van der Waals surface area contributed by atoms with E-state index in [-0.39, 0.29) is 6.10 Å². The molecule has 1 N–H and O–H groups in total. The predicted molar refractivity (Wildman–Crippen MR) is 77.0 cm³/mol. The highest BCUT2D eigenvalue weighted by Crippen LogP contribution is 2.23. The molecule has 2 aromatic rings. The highest BCUT2D eigenvalue weighted by Gasteiger charge is 2.20. The first-order valence-corrected chi connectivity index (χ1v) is 7.06. The molecule has 1 fully saturated rings. The highest BCUT2D eigenvalue weighted by molar-refractivity contribution is 5.61. The third-order valence-corrected chi connectivity index (χ3v) is 3.71. The summed E-state index contributed by atoms with van der Waals surface area (Å²) in [7, 11) is 1.94. The number of β-amino-alcohol motifs (C(OH)–C–C–N with tert-alkyl or cyclic N) is 1. The van der Waals surface area contributed by atoms with E-state index in [0.717, 1.165) is 43.7 Å². The zero-order valence-corrected chi connectivity index (χ0v) is 11.7. The standard InChI is InChI=1S/C15H20N4O/c1-18-9-13(10-19-7-3-5-14(20)11-19)15(17-18)12-4-2-6-16-8-12/h2,4,6,8-9,14,20H,3,5,7,10-11H2,1H3. The SMILES string of the molecule is Cn1cc(CN2CCCC(O)C2)c(-c2cccnc2)n1. The Morgan fingerprint density at radius 1 is 1.45 bits per heavy atom. The van der Waals surface area contributed by atoms with Crippen LogP contribution in [0.25, 0.3) is 11.3 Å². The first-order valence-electron chi connectivity index (χ1n) is 7.06. The maximum atomic E-state index is 9.78. The fourth-order valence-corrected chi connectivity index (χ4v) is 2.81. The largest absolute Gasteiger partial charge is 0.392 e. The lowest BCUT2D eigenvalue weighted by atomic mass is 10.1. The molecule has 3 heterocycles. The van der Waals surface area contributed by atoms with Crippen molar-refractivity contribution in [3.05, 3.63) is 36.3 Å². The number of aryl methyl sites for hydroxylation is 1.